The van der Waals surface area contributed by atoms with E-state index in [0.29, 0.717) is 17.3 Å². The van der Waals surface area contributed by atoms with Crippen LogP contribution in [0.3, 0.4) is 0 Å². The Kier molecular flexibility index (Phi) is 3.89. The molecule has 0 aromatic heterocycles. The molecule has 0 unspecified atom stereocenters. The Balaban J connectivity index is 2.99. The Morgan fingerprint density at radius 3 is 2.71 bits per heavy atom. The van der Waals surface area contributed by atoms with Gasteiger partial charge in [-0.2, -0.15) is 0 Å². The smallest absolute Gasteiger partial charge is 0.193 e. The molecule has 0 saturated heterocycles. The molecule has 0 heterocycles. The molecular formula is C11H15NOS. The molecule has 1 rings (SSSR count). The molecule has 0 saturated carbocycles. The van der Waals surface area contributed by atoms with Crippen molar-refractivity contribution in [3.05, 3.63) is 29.3 Å². The van der Waals surface area contributed by atoms with Gasteiger partial charge in [0.25, 0.3) is 0 Å². The average Bonchev–Trinajstić information content (AvgIpc) is 2.19. The van der Waals surface area contributed by atoms with Crippen LogP contribution in [0.1, 0.15) is 25.0 Å². The van der Waals surface area contributed by atoms with Crippen molar-refractivity contribution in [3.8, 4) is 0 Å². The van der Waals surface area contributed by atoms with Gasteiger partial charge >= 0.3 is 0 Å². The molecule has 0 aliphatic heterocycles. The summed E-state index contributed by atoms with van der Waals surface area (Å²) in [6, 6.07) is 5.88. The van der Waals surface area contributed by atoms with Gasteiger partial charge in [-0.1, -0.05) is 13.0 Å². The zero-order valence-corrected chi connectivity index (χ0v) is 9.36. The molecule has 0 atom stereocenters. The maximum atomic E-state index is 5.81. The van der Waals surface area contributed by atoms with E-state index in [1.54, 1.807) is 0 Å². The number of rotatable bonds is 3. The van der Waals surface area contributed by atoms with Crippen molar-refractivity contribution in [2.45, 2.75) is 20.3 Å². The number of anilines is 1. The third kappa shape index (κ3) is 2.45. The molecule has 0 spiro atoms. The molecule has 0 aliphatic rings. The topological polar surface area (TPSA) is 35.2 Å². The quantitative estimate of drug-likeness (QED) is 0.614. The Bertz CT molecular complexity index is 336. The molecule has 76 valence electrons. The van der Waals surface area contributed by atoms with Crippen LogP contribution in [0.15, 0.2) is 18.2 Å². The molecule has 1 aromatic carbocycles. The predicted molar refractivity (Wildman–Crippen MR) is 63.6 cm³/mol. The second-order valence-electron chi connectivity index (χ2n) is 3.00. The van der Waals surface area contributed by atoms with Gasteiger partial charge in [0.1, 0.15) is 0 Å². The van der Waals surface area contributed by atoms with E-state index >= 15 is 0 Å². The van der Waals surface area contributed by atoms with E-state index in [9.17, 15) is 0 Å². The highest BCUT2D eigenvalue weighted by Gasteiger charge is 2.06. The predicted octanol–water partition coefficient (Wildman–Crippen LogP) is 2.54. The summed E-state index contributed by atoms with van der Waals surface area (Å²) in [6.45, 7) is 4.58. The van der Waals surface area contributed by atoms with Crippen LogP contribution in [-0.2, 0) is 11.2 Å². The lowest BCUT2D eigenvalue weighted by Gasteiger charge is -2.09. The van der Waals surface area contributed by atoms with Crippen LogP contribution < -0.4 is 5.73 Å². The van der Waals surface area contributed by atoms with E-state index in [1.165, 1.54) is 5.56 Å². The van der Waals surface area contributed by atoms with Crippen molar-refractivity contribution in [2.75, 3.05) is 12.3 Å². The molecule has 14 heavy (non-hydrogen) atoms. The largest absolute Gasteiger partial charge is 0.483 e. The average molecular weight is 209 g/mol. The summed E-state index contributed by atoms with van der Waals surface area (Å²) in [7, 11) is 0. The summed E-state index contributed by atoms with van der Waals surface area (Å²) in [5, 5.41) is 0.486. The first-order valence-electron chi connectivity index (χ1n) is 4.74. The SMILES string of the molecule is CCOC(=S)c1cc(CC)ccc1N. The second-order valence-corrected chi connectivity index (χ2v) is 3.37. The summed E-state index contributed by atoms with van der Waals surface area (Å²) in [6.07, 6.45) is 0.974. The van der Waals surface area contributed by atoms with Gasteiger partial charge in [-0.3, -0.25) is 0 Å². The van der Waals surface area contributed by atoms with Crippen molar-refractivity contribution in [3.63, 3.8) is 0 Å². The van der Waals surface area contributed by atoms with E-state index in [2.05, 4.69) is 6.92 Å². The van der Waals surface area contributed by atoms with Crippen LogP contribution in [0, 0.1) is 0 Å². The number of ether oxygens (including phenoxy) is 1. The highest BCUT2D eigenvalue weighted by Crippen LogP contribution is 2.16. The van der Waals surface area contributed by atoms with Crippen molar-refractivity contribution in [1.82, 2.24) is 0 Å². The van der Waals surface area contributed by atoms with Gasteiger partial charge in [0, 0.05) is 5.69 Å². The number of nitrogen functional groups attached to an aromatic ring is 1. The molecule has 0 bridgehead atoms. The normalized spacial score (nSPS) is 9.86. The molecule has 2 nitrogen and oxygen atoms in total. The number of hydrogen-bond donors (Lipinski definition) is 1. The molecular weight excluding hydrogens is 194 g/mol. The zero-order chi connectivity index (χ0) is 10.6. The molecule has 2 N–H and O–H groups in total. The van der Waals surface area contributed by atoms with Crippen molar-refractivity contribution < 1.29 is 4.74 Å². The summed E-state index contributed by atoms with van der Waals surface area (Å²) in [5.41, 5.74) is 8.54. The van der Waals surface area contributed by atoms with Crippen molar-refractivity contribution in [2.24, 2.45) is 0 Å². The first kappa shape index (κ1) is 11.0. The summed E-state index contributed by atoms with van der Waals surface area (Å²) < 4.78 is 5.26. The van der Waals surface area contributed by atoms with Crippen molar-refractivity contribution in [1.29, 1.82) is 0 Å². The standard InChI is InChI=1S/C11H15NOS/c1-3-8-5-6-10(12)9(7-8)11(14)13-4-2/h5-7H,3-4,12H2,1-2H3. The van der Waals surface area contributed by atoms with E-state index in [-0.39, 0.29) is 0 Å². The minimum atomic E-state index is 0.486. The monoisotopic (exact) mass is 209 g/mol. The van der Waals surface area contributed by atoms with E-state index < -0.39 is 0 Å². The summed E-state index contributed by atoms with van der Waals surface area (Å²) >= 11 is 5.11. The third-order valence-electron chi connectivity index (χ3n) is 2.02. The maximum absolute atomic E-state index is 5.81. The summed E-state index contributed by atoms with van der Waals surface area (Å²) in [5.74, 6) is 0. The Morgan fingerprint density at radius 2 is 2.14 bits per heavy atom. The van der Waals surface area contributed by atoms with Gasteiger partial charge in [-0.15, -0.1) is 0 Å². The lowest BCUT2D eigenvalue weighted by molar-refractivity contribution is 0.338. The highest BCUT2D eigenvalue weighted by molar-refractivity contribution is 7.80. The van der Waals surface area contributed by atoms with Crippen LogP contribution in [0.2, 0.25) is 0 Å². The lowest BCUT2D eigenvalue weighted by Crippen LogP contribution is -2.07. The molecule has 0 radical (unpaired) electrons. The van der Waals surface area contributed by atoms with Gasteiger partial charge in [0.05, 0.1) is 12.2 Å². The van der Waals surface area contributed by atoms with Crippen LogP contribution in [0.5, 0.6) is 0 Å². The first-order valence-corrected chi connectivity index (χ1v) is 5.15. The Labute approximate surface area is 90.1 Å². The van der Waals surface area contributed by atoms with Crippen LogP contribution in [0.25, 0.3) is 0 Å². The van der Waals surface area contributed by atoms with Gasteiger partial charge in [-0.05, 0) is 43.3 Å². The van der Waals surface area contributed by atoms with Gasteiger partial charge in [-0.25, -0.2) is 0 Å². The number of nitrogens with two attached hydrogens (primary N) is 1. The van der Waals surface area contributed by atoms with E-state index in [1.807, 2.05) is 25.1 Å². The number of hydrogen-bond acceptors (Lipinski definition) is 3. The fourth-order valence-electron chi connectivity index (χ4n) is 1.21. The lowest BCUT2D eigenvalue weighted by atomic mass is 10.1. The number of benzene rings is 1. The Hall–Kier alpha value is -1.09. The minimum absolute atomic E-state index is 0.486. The molecule has 0 fully saturated rings. The van der Waals surface area contributed by atoms with Gasteiger partial charge in [0.2, 0.25) is 0 Å². The minimum Gasteiger partial charge on any atom is -0.483 e. The van der Waals surface area contributed by atoms with Crippen LogP contribution >= 0.6 is 12.2 Å². The second kappa shape index (κ2) is 4.96. The number of thiocarbonyl (C=S) groups is 1. The molecule has 0 amide bonds. The van der Waals surface area contributed by atoms with E-state index in [4.69, 9.17) is 22.7 Å². The van der Waals surface area contributed by atoms with Crippen LogP contribution in [0.4, 0.5) is 5.69 Å². The molecule has 0 aliphatic carbocycles. The first-order chi connectivity index (χ1) is 6.69. The number of aryl methyl sites for hydroxylation is 1. The van der Waals surface area contributed by atoms with Crippen molar-refractivity contribution >= 4 is 23.0 Å². The third-order valence-corrected chi connectivity index (χ3v) is 2.36. The molecule has 1 aromatic rings. The maximum Gasteiger partial charge on any atom is 0.193 e. The van der Waals surface area contributed by atoms with E-state index in [0.717, 1.165) is 12.0 Å². The fourth-order valence-corrected chi connectivity index (χ4v) is 1.50. The Morgan fingerprint density at radius 1 is 1.43 bits per heavy atom. The van der Waals surface area contributed by atoms with Gasteiger partial charge < -0.3 is 10.5 Å². The zero-order valence-electron chi connectivity index (χ0n) is 8.54. The fraction of sp³-hybridized carbons (Fsp3) is 0.364. The highest BCUT2D eigenvalue weighted by atomic mass is 32.1. The van der Waals surface area contributed by atoms with Gasteiger partial charge in [0.15, 0.2) is 5.05 Å². The summed E-state index contributed by atoms with van der Waals surface area (Å²) in [4.78, 5) is 0. The van der Waals surface area contributed by atoms with Crippen LogP contribution in [-0.4, -0.2) is 11.7 Å². The molecule has 3 heteroatoms.